The molecule has 2 aromatic carbocycles. The van der Waals surface area contributed by atoms with Gasteiger partial charge in [-0.25, -0.2) is 4.98 Å². The zero-order chi connectivity index (χ0) is 18.8. The first-order valence-corrected chi connectivity index (χ1v) is 8.84. The van der Waals surface area contributed by atoms with Crippen molar-refractivity contribution in [3.8, 4) is 11.1 Å². The first kappa shape index (κ1) is 16.8. The number of benzene rings is 2. The fraction of sp³-hybridized carbons (Fsp3) is 0. The maximum absolute atomic E-state index is 12.9. The minimum Gasteiger partial charge on any atom is -0.267 e. The number of nitro benzene ring substituents is 1. The molecule has 2 heterocycles. The Morgan fingerprint density at radius 3 is 2.74 bits per heavy atom. The van der Waals surface area contributed by atoms with Gasteiger partial charge in [0.25, 0.3) is 11.2 Å². The second-order valence-electron chi connectivity index (χ2n) is 5.69. The number of aromatic nitrogens is 2. The molecule has 0 amide bonds. The lowest BCUT2D eigenvalue weighted by molar-refractivity contribution is -0.384. The van der Waals surface area contributed by atoms with Crippen LogP contribution in [0, 0.1) is 10.1 Å². The standard InChI is InChI=1S/C19H12N4O3S/c24-19-17-16(14-6-2-1-3-7-14)11-27-18(17)20-12-22(19)21-10-13-5-4-8-15(9-13)23(25)26/h1-12H/b21-10+. The highest BCUT2D eigenvalue weighted by Crippen LogP contribution is 2.30. The first-order valence-electron chi connectivity index (χ1n) is 7.96. The summed E-state index contributed by atoms with van der Waals surface area (Å²) in [6.45, 7) is 0. The highest BCUT2D eigenvalue weighted by Gasteiger charge is 2.13. The van der Waals surface area contributed by atoms with Crippen molar-refractivity contribution in [3.63, 3.8) is 0 Å². The fourth-order valence-corrected chi connectivity index (χ4v) is 3.59. The molecule has 0 unspecified atom stereocenters. The summed E-state index contributed by atoms with van der Waals surface area (Å²) in [6.07, 6.45) is 2.75. The van der Waals surface area contributed by atoms with Crippen LogP contribution in [-0.2, 0) is 0 Å². The quantitative estimate of drug-likeness (QED) is 0.307. The Kier molecular flexibility index (Phi) is 4.31. The Morgan fingerprint density at radius 1 is 1.15 bits per heavy atom. The number of nitro groups is 1. The van der Waals surface area contributed by atoms with E-state index in [9.17, 15) is 14.9 Å². The summed E-state index contributed by atoms with van der Waals surface area (Å²) in [5, 5.41) is 17.4. The molecule has 0 N–H and O–H groups in total. The number of hydrogen-bond acceptors (Lipinski definition) is 6. The highest BCUT2D eigenvalue weighted by atomic mass is 32.1. The van der Waals surface area contributed by atoms with E-state index in [1.54, 1.807) is 12.1 Å². The molecule has 0 aliphatic heterocycles. The Labute approximate surface area is 157 Å². The average molecular weight is 376 g/mol. The molecule has 4 rings (SSSR count). The van der Waals surface area contributed by atoms with Crippen LogP contribution in [0.25, 0.3) is 21.3 Å². The van der Waals surface area contributed by atoms with Crippen LogP contribution in [0.5, 0.6) is 0 Å². The molecule has 8 heteroatoms. The SMILES string of the molecule is O=c1c2c(-c3ccccc3)csc2ncn1/N=C/c1cccc([N+](=O)[O-])c1. The maximum Gasteiger partial charge on any atom is 0.283 e. The molecule has 4 aromatic rings. The monoisotopic (exact) mass is 376 g/mol. The Balaban J connectivity index is 1.77. The zero-order valence-corrected chi connectivity index (χ0v) is 14.7. The molecule has 2 aromatic heterocycles. The van der Waals surface area contributed by atoms with E-state index in [4.69, 9.17) is 0 Å². The highest BCUT2D eigenvalue weighted by molar-refractivity contribution is 7.17. The largest absolute Gasteiger partial charge is 0.283 e. The number of nitrogens with zero attached hydrogens (tertiary/aromatic N) is 4. The third-order valence-corrected chi connectivity index (χ3v) is 4.86. The van der Waals surface area contributed by atoms with Crippen molar-refractivity contribution in [3.05, 3.63) is 92.3 Å². The minimum atomic E-state index is -0.478. The Bertz CT molecular complexity index is 1230. The molecular weight excluding hydrogens is 364 g/mol. The molecule has 0 aliphatic rings. The van der Waals surface area contributed by atoms with E-state index in [1.807, 2.05) is 35.7 Å². The molecule has 0 aliphatic carbocycles. The molecule has 0 atom stereocenters. The Morgan fingerprint density at radius 2 is 1.96 bits per heavy atom. The fourth-order valence-electron chi connectivity index (χ4n) is 2.68. The molecule has 0 fully saturated rings. The van der Waals surface area contributed by atoms with E-state index in [-0.39, 0.29) is 11.2 Å². The summed E-state index contributed by atoms with van der Waals surface area (Å²) in [5.41, 5.74) is 1.94. The van der Waals surface area contributed by atoms with E-state index >= 15 is 0 Å². The van der Waals surface area contributed by atoms with Crippen molar-refractivity contribution < 1.29 is 4.92 Å². The van der Waals surface area contributed by atoms with Gasteiger partial charge in [0.1, 0.15) is 11.2 Å². The van der Waals surface area contributed by atoms with Crippen LogP contribution < -0.4 is 5.56 Å². The van der Waals surface area contributed by atoms with Gasteiger partial charge in [-0.1, -0.05) is 42.5 Å². The number of thiophene rings is 1. The van der Waals surface area contributed by atoms with Gasteiger partial charge < -0.3 is 0 Å². The van der Waals surface area contributed by atoms with Gasteiger partial charge in [-0.3, -0.25) is 14.9 Å². The average Bonchev–Trinajstić information content (AvgIpc) is 3.13. The third-order valence-electron chi connectivity index (χ3n) is 3.97. The van der Waals surface area contributed by atoms with Gasteiger partial charge in [-0.05, 0) is 5.56 Å². The predicted molar refractivity (Wildman–Crippen MR) is 105 cm³/mol. The van der Waals surface area contributed by atoms with Gasteiger partial charge in [-0.2, -0.15) is 9.78 Å². The summed E-state index contributed by atoms with van der Waals surface area (Å²) in [4.78, 5) is 28.2. The number of non-ortho nitro benzene ring substituents is 1. The molecular formula is C19H12N4O3S. The Hall–Kier alpha value is -3.65. The van der Waals surface area contributed by atoms with Crippen LogP contribution in [0.4, 0.5) is 5.69 Å². The maximum atomic E-state index is 12.9. The van der Waals surface area contributed by atoms with Crippen molar-refractivity contribution in [2.24, 2.45) is 5.10 Å². The number of fused-ring (bicyclic) bond motifs is 1. The minimum absolute atomic E-state index is 0.0379. The van der Waals surface area contributed by atoms with E-state index in [1.165, 1.54) is 36.0 Å². The summed E-state index contributed by atoms with van der Waals surface area (Å²) in [7, 11) is 0. The first-order chi connectivity index (χ1) is 13.1. The summed E-state index contributed by atoms with van der Waals surface area (Å²) in [5.74, 6) is 0. The van der Waals surface area contributed by atoms with Gasteiger partial charge in [0.2, 0.25) is 0 Å². The second-order valence-corrected chi connectivity index (χ2v) is 6.54. The topological polar surface area (TPSA) is 90.4 Å². The molecule has 0 saturated carbocycles. The number of rotatable bonds is 4. The van der Waals surface area contributed by atoms with Crippen LogP contribution in [-0.4, -0.2) is 20.8 Å². The predicted octanol–water partition coefficient (Wildman–Crippen LogP) is 3.92. The lowest BCUT2D eigenvalue weighted by atomic mass is 10.1. The van der Waals surface area contributed by atoms with Crippen molar-refractivity contribution in [1.82, 2.24) is 9.66 Å². The third kappa shape index (κ3) is 3.25. The normalized spacial score (nSPS) is 11.3. The molecule has 7 nitrogen and oxygen atoms in total. The van der Waals surface area contributed by atoms with E-state index in [0.29, 0.717) is 15.8 Å². The molecule has 0 bridgehead atoms. The molecule has 0 saturated heterocycles. The molecule has 27 heavy (non-hydrogen) atoms. The van der Waals surface area contributed by atoms with Crippen molar-refractivity contribution in [2.45, 2.75) is 0 Å². The zero-order valence-electron chi connectivity index (χ0n) is 13.9. The number of hydrogen-bond donors (Lipinski definition) is 0. The molecule has 0 spiro atoms. The van der Waals surface area contributed by atoms with Crippen LogP contribution in [0.3, 0.4) is 0 Å². The smallest absolute Gasteiger partial charge is 0.267 e. The molecule has 0 radical (unpaired) electrons. The summed E-state index contributed by atoms with van der Waals surface area (Å²) >= 11 is 1.40. The van der Waals surface area contributed by atoms with Crippen molar-refractivity contribution in [1.29, 1.82) is 0 Å². The van der Waals surface area contributed by atoms with E-state index < -0.39 is 4.92 Å². The molecule has 132 valence electrons. The van der Waals surface area contributed by atoms with Crippen molar-refractivity contribution in [2.75, 3.05) is 0 Å². The lowest BCUT2D eigenvalue weighted by Gasteiger charge is -2.01. The van der Waals surface area contributed by atoms with E-state index in [0.717, 1.165) is 15.8 Å². The lowest BCUT2D eigenvalue weighted by Crippen LogP contribution is -2.16. The van der Waals surface area contributed by atoms with Crippen molar-refractivity contribution >= 4 is 33.5 Å². The van der Waals surface area contributed by atoms with Gasteiger partial charge in [0.15, 0.2) is 0 Å². The van der Waals surface area contributed by atoms with E-state index in [2.05, 4.69) is 10.1 Å². The van der Waals surface area contributed by atoms with Crippen LogP contribution in [0.1, 0.15) is 5.56 Å². The second kappa shape index (κ2) is 6.93. The summed E-state index contributed by atoms with van der Waals surface area (Å²) in [6, 6.07) is 15.6. The van der Waals surface area contributed by atoms with Gasteiger partial charge in [0.05, 0.1) is 16.5 Å². The summed E-state index contributed by atoms with van der Waals surface area (Å²) < 4.78 is 1.14. The van der Waals surface area contributed by atoms with Gasteiger partial charge >= 0.3 is 0 Å². The van der Waals surface area contributed by atoms with Gasteiger partial charge in [0, 0.05) is 28.6 Å². The van der Waals surface area contributed by atoms with Gasteiger partial charge in [-0.15, -0.1) is 11.3 Å². The van der Waals surface area contributed by atoms with Crippen LogP contribution >= 0.6 is 11.3 Å². The van der Waals surface area contributed by atoms with Crippen LogP contribution in [0.2, 0.25) is 0 Å². The van der Waals surface area contributed by atoms with Crippen LogP contribution in [0.15, 0.2) is 76.2 Å².